The average Bonchev–Trinajstić information content (AvgIpc) is 2.96. The van der Waals surface area contributed by atoms with Crippen LogP contribution in [0.2, 0.25) is 5.02 Å². The Morgan fingerprint density at radius 2 is 1.67 bits per heavy atom. The zero-order chi connectivity index (χ0) is 30.4. The van der Waals surface area contributed by atoms with Gasteiger partial charge in [-0.3, -0.25) is 13.9 Å². The van der Waals surface area contributed by atoms with Crippen molar-refractivity contribution in [3.8, 4) is 0 Å². The fourth-order valence-corrected chi connectivity index (χ4v) is 7.11. The summed E-state index contributed by atoms with van der Waals surface area (Å²) in [7, 11) is -4.16. The van der Waals surface area contributed by atoms with Crippen LogP contribution >= 0.6 is 27.5 Å². The minimum absolute atomic E-state index is 0.0135. The van der Waals surface area contributed by atoms with Crippen LogP contribution in [0.5, 0.6) is 0 Å². The van der Waals surface area contributed by atoms with Crippen molar-refractivity contribution < 1.29 is 18.0 Å². The molecular weight excluding hydrogens is 638 g/mol. The SMILES string of the molecule is Cc1ccc(N(CC(=O)N(Cc2cccc(Br)c2)[C@H](C)C(=O)NC2CCCCC2)S(=O)(=O)c2ccc(Cl)cc2)cc1C. The van der Waals surface area contributed by atoms with Crippen LogP contribution in [-0.4, -0.2) is 43.8 Å². The Balaban J connectivity index is 1.69. The number of hydrogen-bond donors (Lipinski definition) is 1. The van der Waals surface area contributed by atoms with E-state index in [1.165, 1.54) is 29.2 Å². The van der Waals surface area contributed by atoms with E-state index in [1.54, 1.807) is 19.1 Å². The van der Waals surface area contributed by atoms with Crippen molar-refractivity contribution >= 4 is 55.1 Å². The van der Waals surface area contributed by atoms with Crippen LogP contribution in [-0.2, 0) is 26.2 Å². The predicted octanol–water partition coefficient (Wildman–Crippen LogP) is 6.78. The molecule has 1 atom stereocenters. The number of hydrogen-bond acceptors (Lipinski definition) is 4. The van der Waals surface area contributed by atoms with Gasteiger partial charge < -0.3 is 10.2 Å². The second-order valence-corrected chi connectivity index (χ2v) is 14.1. The summed E-state index contributed by atoms with van der Waals surface area (Å²) in [6, 6.07) is 17.9. The van der Waals surface area contributed by atoms with Crippen molar-refractivity contribution in [1.29, 1.82) is 0 Å². The van der Waals surface area contributed by atoms with E-state index in [4.69, 9.17) is 11.6 Å². The number of nitrogens with zero attached hydrogens (tertiary/aromatic N) is 2. The standard InChI is InChI=1S/C32H37BrClN3O4S/c1-22-12-15-29(18-23(22)2)37(42(40,41)30-16-13-27(34)14-17-30)21-31(38)36(20-25-8-7-9-26(33)19-25)24(3)32(39)35-28-10-5-4-6-11-28/h7-9,12-19,24,28H,4-6,10-11,20-21H2,1-3H3,(H,35,39)/t24-/m1/s1. The van der Waals surface area contributed by atoms with Crippen molar-refractivity contribution in [2.45, 2.75) is 76.4 Å². The number of anilines is 1. The third kappa shape index (κ3) is 7.94. The summed E-state index contributed by atoms with van der Waals surface area (Å²) in [5.41, 5.74) is 3.07. The molecule has 0 unspecified atom stereocenters. The van der Waals surface area contributed by atoms with Gasteiger partial charge in [0.2, 0.25) is 11.8 Å². The Morgan fingerprint density at radius 1 is 0.976 bits per heavy atom. The molecule has 224 valence electrons. The van der Waals surface area contributed by atoms with Gasteiger partial charge in [-0.15, -0.1) is 0 Å². The van der Waals surface area contributed by atoms with Crippen molar-refractivity contribution in [3.63, 3.8) is 0 Å². The molecule has 0 heterocycles. The largest absolute Gasteiger partial charge is 0.352 e. The smallest absolute Gasteiger partial charge is 0.264 e. The van der Waals surface area contributed by atoms with Gasteiger partial charge in [-0.2, -0.15) is 0 Å². The zero-order valence-corrected chi connectivity index (χ0v) is 27.3. The molecule has 1 aliphatic carbocycles. The minimum atomic E-state index is -4.16. The quantitative estimate of drug-likeness (QED) is 0.257. The highest BCUT2D eigenvalue weighted by molar-refractivity contribution is 9.10. The molecule has 2 amide bonds. The molecule has 4 rings (SSSR count). The highest BCUT2D eigenvalue weighted by Gasteiger charge is 2.33. The van der Waals surface area contributed by atoms with Gasteiger partial charge in [-0.05, 0) is 98.8 Å². The van der Waals surface area contributed by atoms with E-state index in [0.717, 1.165) is 57.6 Å². The van der Waals surface area contributed by atoms with Gasteiger partial charge in [0.15, 0.2) is 0 Å². The van der Waals surface area contributed by atoms with Crippen molar-refractivity contribution in [1.82, 2.24) is 10.2 Å². The second-order valence-electron chi connectivity index (χ2n) is 10.9. The van der Waals surface area contributed by atoms with Crippen LogP contribution in [0, 0.1) is 13.8 Å². The molecule has 1 aliphatic rings. The number of rotatable bonds is 10. The number of carbonyl (C=O) groups is 2. The van der Waals surface area contributed by atoms with E-state index < -0.39 is 28.5 Å². The number of aryl methyl sites for hydroxylation is 2. The van der Waals surface area contributed by atoms with Gasteiger partial charge in [0.05, 0.1) is 10.6 Å². The van der Waals surface area contributed by atoms with Crippen LogP contribution in [0.3, 0.4) is 0 Å². The van der Waals surface area contributed by atoms with Gasteiger partial charge in [0, 0.05) is 22.1 Å². The lowest BCUT2D eigenvalue weighted by Crippen LogP contribution is -2.53. The normalized spacial score (nSPS) is 14.7. The lowest BCUT2D eigenvalue weighted by Gasteiger charge is -2.33. The molecule has 10 heteroatoms. The third-order valence-electron chi connectivity index (χ3n) is 7.82. The predicted molar refractivity (Wildman–Crippen MR) is 171 cm³/mol. The fourth-order valence-electron chi connectivity index (χ4n) is 5.13. The molecular formula is C32H37BrClN3O4S. The Bertz CT molecular complexity index is 1520. The van der Waals surface area contributed by atoms with Gasteiger partial charge in [-0.1, -0.05) is 65.0 Å². The average molecular weight is 675 g/mol. The number of nitrogens with one attached hydrogen (secondary N) is 1. The third-order valence-corrected chi connectivity index (χ3v) is 10.4. The summed E-state index contributed by atoms with van der Waals surface area (Å²) in [5, 5.41) is 3.53. The molecule has 0 radical (unpaired) electrons. The van der Waals surface area contributed by atoms with Crippen molar-refractivity contribution in [2.24, 2.45) is 0 Å². The van der Waals surface area contributed by atoms with Crippen LogP contribution in [0.25, 0.3) is 0 Å². The molecule has 3 aromatic rings. The molecule has 1 N–H and O–H groups in total. The molecule has 0 saturated heterocycles. The van der Waals surface area contributed by atoms with Gasteiger partial charge in [-0.25, -0.2) is 8.42 Å². The first-order valence-electron chi connectivity index (χ1n) is 14.2. The van der Waals surface area contributed by atoms with Crippen LogP contribution < -0.4 is 9.62 Å². The molecule has 0 aromatic heterocycles. The maximum atomic E-state index is 14.1. The number of carbonyl (C=O) groups excluding carboxylic acids is 2. The monoisotopic (exact) mass is 673 g/mol. The fraction of sp³-hybridized carbons (Fsp3) is 0.375. The Morgan fingerprint density at radius 3 is 2.31 bits per heavy atom. The summed E-state index contributed by atoms with van der Waals surface area (Å²) in [5.74, 6) is -0.736. The molecule has 7 nitrogen and oxygen atoms in total. The summed E-state index contributed by atoms with van der Waals surface area (Å²) in [4.78, 5) is 29.1. The molecule has 0 aliphatic heterocycles. The summed E-state index contributed by atoms with van der Waals surface area (Å²) in [6.45, 7) is 5.18. The van der Waals surface area contributed by atoms with Crippen molar-refractivity contribution in [2.75, 3.05) is 10.8 Å². The molecule has 1 fully saturated rings. The van der Waals surface area contributed by atoms with E-state index in [2.05, 4.69) is 21.2 Å². The molecule has 0 bridgehead atoms. The molecule has 42 heavy (non-hydrogen) atoms. The Kier molecular flexibility index (Phi) is 10.7. The topological polar surface area (TPSA) is 86.8 Å². The lowest BCUT2D eigenvalue weighted by atomic mass is 9.95. The van der Waals surface area contributed by atoms with E-state index in [1.807, 2.05) is 44.2 Å². The summed E-state index contributed by atoms with van der Waals surface area (Å²) < 4.78 is 29.9. The van der Waals surface area contributed by atoms with Gasteiger partial charge in [0.1, 0.15) is 12.6 Å². The van der Waals surface area contributed by atoms with Crippen LogP contribution in [0.15, 0.2) is 76.1 Å². The highest BCUT2D eigenvalue weighted by Crippen LogP contribution is 2.27. The number of benzene rings is 3. The van der Waals surface area contributed by atoms with Crippen LogP contribution in [0.4, 0.5) is 5.69 Å². The van der Waals surface area contributed by atoms with Crippen molar-refractivity contribution in [3.05, 3.63) is 92.9 Å². The van der Waals surface area contributed by atoms with Crippen LogP contribution in [0.1, 0.15) is 55.7 Å². The maximum absolute atomic E-state index is 14.1. The van der Waals surface area contributed by atoms with E-state index in [9.17, 15) is 18.0 Å². The second kappa shape index (κ2) is 14.1. The molecule has 3 aromatic carbocycles. The minimum Gasteiger partial charge on any atom is -0.352 e. The highest BCUT2D eigenvalue weighted by atomic mass is 79.9. The number of halogens is 2. The molecule has 1 saturated carbocycles. The Labute approximate surface area is 262 Å². The Hall–Kier alpha value is -2.88. The van der Waals surface area contributed by atoms with Gasteiger partial charge in [0.25, 0.3) is 10.0 Å². The molecule has 0 spiro atoms. The van der Waals surface area contributed by atoms with E-state index in [0.29, 0.717) is 10.7 Å². The summed E-state index contributed by atoms with van der Waals surface area (Å²) >= 11 is 9.52. The number of amides is 2. The first-order valence-corrected chi connectivity index (χ1v) is 16.8. The van der Waals surface area contributed by atoms with E-state index in [-0.39, 0.29) is 23.4 Å². The summed E-state index contributed by atoms with van der Waals surface area (Å²) in [6.07, 6.45) is 5.11. The van der Waals surface area contributed by atoms with Gasteiger partial charge >= 0.3 is 0 Å². The van der Waals surface area contributed by atoms with E-state index >= 15 is 0 Å². The first kappa shape index (κ1) is 32.0. The maximum Gasteiger partial charge on any atom is 0.264 e. The number of sulfonamides is 1. The zero-order valence-electron chi connectivity index (χ0n) is 24.1. The lowest BCUT2D eigenvalue weighted by molar-refractivity contribution is -0.139. The first-order chi connectivity index (χ1) is 20.0.